The predicted octanol–water partition coefficient (Wildman–Crippen LogP) is 3.66. The molecule has 0 aliphatic rings. The molecule has 34 heavy (non-hydrogen) atoms. The number of aryl methyl sites for hydroxylation is 2. The van der Waals surface area contributed by atoms with Gasteiger partial charge in [0.15, 0.2) is 0 Å². The third kappa shape index (κ3) is 7.32. The maximum atomic E-state index is 13.7. The summed E-state index contributed by atoms with van der Waals surface area (Å²) in [5, 5.41) is 2.88. The molecule has 1 N–H and O–H groups in total. The maximum absolute atomic E-state index is 13.7. The van der Waals surface area contributed by atoms with Crippen molar-refractivity contribution >= 4 is 27.5 Å². The van der Waals surface area contributed by atoms with Gasteiger partial charge in [-0.15, -0.1) is 0 Å². The molecule has 186 valence electrons. The Bertz CT molecular complexity index is 1080. The summed E-state index contributed by atoms with van der Waals surface area (Å²) >= 11 is 0. The van der Waals surface area contributed by atoms with Crippen molar-refractivity contribution in [3.05, 3.63) is 65.2 Å². The van der Waals surface area contributed by atoms with Gasteiger partial charge in [-0.2, -0.15) is 0 Å². The molecule has 2 amide bonds. The SMILES string of the molecule is CCCNC(=O)[C@@H](CC)N(Cc1cccc(C)c1)C(=O)CN(c1ccccc1CC)S(C)(=O)=O. The van der Waals surface area contributed by atoms with Crippen molar-refractivity contribution < 1.29 is 18.0 Å². The Hall–Kier alpha value is -2.87. The molecular weight excluding hydrogens is 450 g/mol. The van der Waals surface area contributed by atoms with Crippen LogP contribution < -0.4 is 9.62 Å². The summed E-state index contributed by atoms with van der Waals surface area (Å²) in [7, 11) is -3.74. The molecule has 0 aromatic heterocycles. The van der Waals surface area contributed by atoms with Crippen molar-refractivity contribution in [2.75, 3.05) is 23.7 Å². The first kappa shape index (κ1) is 27.4. The third-order valence-corrected chi connectivity index (χ3v) is 6.82. The van der Waals surface area contributed by atoms with Crippen molar-refractivity contribution in [3.8, 4) is 0 Å². The Morgan fingerprint density at radius 1 is 1.03 bits per heavy atom. The summed E-state index contributed by atoms with van der Waals surface area (Å²) < 4.78 is 26.7. The van der Waals surface area contributed by atoms with Gasteiger partial charge in [0.05, 0.1) is 11.9 Å². The molecule has 0 aliphatic carbocycles. The van der Waals surface area contributed by atoms with Crippen LogP contribution in [0.1, 0.15) is 50.3 Å². The van der Waals surface area contributed by atoms with Crippen molar-refractivity contribution in [2.45, 2.75) is 59.5 Å². The molecule has 0 saturated carbocycles. The van der Waals surface area contributed by atoms with Gasteiger partial charge in [0.25, 0.3) is 0 Å². The molecule has 0 radical (unpaired) electrons. The third-order valence-electron chi connectivity index (χ3n) is 5.69. The van der Waals surface area contributed by atoms with E-state index in [1.54, 1.807) is 12.1 Å². The molecule has 8 heteroatoms. The average molecular weight is 488 g/mol. The Morgan fingerprint density at radius 3 is 2.32 bits per heavy atom. The first-order chi connectivity index (χ1) is 16.1. The number of hydrogen-bond donors (Lipinski definition) is 1. The minimum Gasteiger partial charge on any atom is -0.354 e. The van der Waals surface area contributed by atoms with E-state index in [4.69, 9.17) is 0 Å². The van der Waals surface area contributed by atoms with E-state index in [2.05, 4.69) is 5.32 Å². The first-order valence-electron chi connectivity index (χ1n) is 11.8. The van der Waals surface area contributed by atoms with E-state index in [0.29, 0.717) is 25.1 Å². The Kier molecular flexibility index (Phi) is 10.1. The van der Waals surface area contributed by atoms with Gasteiger partial charge in [-0.05, 0) is 43.4 Å². The lowest BCUT2D eigenvalue weighted by Crippen LogP contribution is -2.52. The molecule has 1 atom stereocenters. The van der Waals surface area contributed by atoms with Gasteiger partial charge in [-0.3, -0.25) is 13.9 Å². The van der Waals surface area contributed by atoms with Gasteiger partial charge in [0.2, 0.25) is 21.8 Å². The van der Waals surface area contributed by atoms with Crippen molar-refractivity contribution in [3.63, 3.8) is 0 Å². The van der Waals surface area contributed by atoms with Crippen LogP contribution in [0.25, 0.3) is 0 Å². The zero-order valence-electron chi connectivity index (χ0n) is 20.9. The van der Waals surface area contributed by atoms with E-state index in [1.807, 2.05) is 64.1 Å². The molecule has 0 spiro atoms. The van der Waals surface area contributed by atoms with Gasteiger partial charge >= 0.3 is 0 Å². The molecule has 0 bridgehead atoms. The number of benzene rings is 2. The molecule has 0 aliphatic heterocycles. The molecule has 0 fully saturated rings. The number of hydrogen-bond acceptors (Lipinski definition) is 4. The summed E-state index contributed by atoms with van der Waals surface area (Å²) in [5.74, 6) is -0.651. The van der Waals surface area contributed by atoms with Crippen LogP contribution >= 0.6 is 0 Å². The van der Waals surface area contributed by atoms with Crippen LogP contribution in [0, 0.1) is 6.92 Å². The minimum atomic E-state index is -3.74. The second kappa shape index (κ2) is 12.6. The van der Waals surface area contributed by atoms with Gasteiger partial charge in [0.1, 0.15) is 12.6 Å². The van der Waals surface area contributed by atoms with Crippen LogP contribution in [0.15, 0.2) is 48.5 Å². The Balaban J connectivity index is 2.46. The number of amides is 2. The highest BCUT2D eigenvalue weighted by atomic mass is 32.2. The molecule has 2 aromatic rings. The average Bonchev–Trinajstić information content (AvgIpc) is 2.80. The van der Waals surface area contributed by atoms with E-state index in [-0.39, 0.29) is 19.0 Å². The zero-order chi connectivity index (χ0) is 25.3. The van der Waals surface area contributed by atoms with E-state index < -0.39 is 22.0 Å². The molecular formula is C26H37N3O4S. The number of anilines is 1. The van der Waals surface area contributed by atoms with Gasteiger partial charge in [-0.1, -0.05) is 68.8 Å². The predicted molar refractivity (Wildman–Crippen MR) is 137 cm³/mol. The number of sulfonamides is 1. The number of carbonyl (C=O) groups is 2. The fourth-order valence-electron chi connectivity index (χ4n) is 3.94. The molecule has 0 heterocycles. The number of nitrogens with zero attached hydrogens (tertiary/aromatic N) is 2. The quantitative estimate of drug-likeness (QED) is 0.495. The topological polar surface area (TPSA) is 86.8 Å². The van der Waals surface area contributed by atoms with Crippen molar-refractivity contribution in [1.82, 2.24) is 10.2 Å². The summed E-state index contributed by atoms with van der Waals surface area (Å²) in [6, 6.07) is 14.2. The van der Waals surface area contributed by atoms with E-state index in [0.717, 1.165) is 33.7 Å². The second-order valence-electron chi connectivity index (χ2n) is 8.48. The standard InChI is InChI=1S/C26H37N3O4S/c1-6-16-27-26(31)23(8-3)28(18-21-13-11-12-20(4)17-21)25(30)19-29(34(5,32)33)24-15-10-9-14-22(24)7-2/h9-15,17,23H,6-8,16,18-19H2,1-5H3,(H,27,31)/t23-/m1/s1. The summed E-state index contributed by atoms with van der Waals surface area (Å²) in [5.41, 5.74) is 3.25. The van der Waals surface area contributed by atoms with Crippen LogP contribution in [0.4, 0.5) is 5.69 Å². The van der Waals surface area contributed by atoms with Crippen LogP contribution in [0.2, 0.25) is 0 Å². The van der Waals surface area contributed by atoms with Crippen LogP contribution in [0.3, 0.4) is 0 Å². The van der Waals surface area contributed by atoms with E-state index in [9.17, 15) is 18.0 Å². The largest absolute Gasteiger partial charge is 0.354 e. The molecule has 0 unspecified atom stereocenters. The second-order valence-corrected chi connectivity index (χ2v) is 10.4. The summed E-state index contributed by atoms with van der Waals surface area (Å²) in [6.07, 6.45) is 2.92. The zero-order valence-corrected chi connectivity index (χ0v) is 21.7. The lowest BCUT2D eigenvalue weighted by atomic mass is 10.1. The van der Waals surface area contributed by atoms with Gasteiger partial charge in [-0.25, -0.2) is 8.42 Å². The Labute approximate surface area is 204 Å². The summed E-state index contributed by atoms with van der Waals surface area (Å²) in [4.78, 5) is 28.1. The normalized spacial score (nSPS) is 12.1. The monoisotopic (exact) mass is 487 g/mol. The fraction of sp³-hybridized carbons (Fsp3) is 0.462. The van der Waals surface area contributed by atoms with Crippen molar-refractivity contribution in [1.29, 1.82) is 0 Å². The first-order valence-corrected chi connectivity index (χ1v) is 13.6. The lowest BCUT2D eigenvalue weighted by molar-refractivity contribution is -0.140. The minimum absolute atomic E-state index is 0.214. The molecule has 7 nitrogen and oxygen atoms in total. The smallest absolute Gasteiger partial charge is 0.244 e. The molecule has 2 aromatic carbocycles. The van der Waals surface area contributed by atoms with Gasteiger partial charge < -0.3 is 10.2 Å². The van der Waals surface area contributed by atoms with Crippen molar-refractivity contribution in [2.24, 2.45) is 0 Å². The number of rotatable bonds is 12. The highest BCUT2D eigenvalue weighted by Gasteiger charge is 2.32. The van der Waals surface area contributed by atoms with E-state index >= 15 is 0 Å². The molecule has 2 rings (SSSR count). The summed E-state index contributed by atoms with van der Waals surface area (Å²) in [6.45, 7) is 8.08. The maximum Gasteiger partial charge on any atom is 0.244 e. The van der Waals surface area contributed by atoms with Crippen LogP contribution in [0.5, 0.6) is 0 Å². The number of para-hydroxylation sites is 1. The number of nitrogens with one attached hydrogen (secondary N) is 1. The molecule has 0 saturated heterocycles. The Morgan fingerprint density at radius 2 is 1.74 bits per heavy atom. The number of carbonyl (C=O) groups excluding carboxylic acids is 2. The lowest BCUT2D eigenvalue weighted by Gasteiger charge is -2.33. The van der Waals surface area contributed by atoms with Crippen LogP contribution in [-0.4, -0.2) is 50.5 Å². The van der Waals surface area contributed by atoms with E-state index in [1.165, 1.54) is 4.90 Å². The fourth-order valence-corrected chi connectivity index (χ4v) is 4.82. The van der Waals surface area contributed by atoms with Gasteiger partial charge in [0, 0.05) is 13.1 Å². The highest BCUT2D eigenvalue weighted by Crippen LogP contribution is 2.24. The van der Waals surface area contributed by atoms with Crippen LogP contribution in [-0.2, 0) is 32.6 Å². The highest BCUT2D eigenvalue weighted by molar-refractivity contribution is 7.92.